The molecule has 0 amide bonds. The molecule has 0 aliphatic rings. The number of aromatic nitrogens is 1. The van der Waals surface area contributed by atoms with Crippen LogP contribution in [0.15, 0.2) is 41.2 Å². The van der Waals surface area contributed by atoms with Crippen LogP contribution in [0, 0.1) is 0 Å². The highest BCUT2D eigenvalue weighted by Gasteiger charge is 2.08. The number of benzene rings is 1. The number of methoxy groups -OCH3 is 1. The number of nitrogens with one attached hydrogen (secondary N) is 1. The zero-order chi connectivity index (χ0) is 15.4. The maximum atomic E-state index is 12.4. The van der Waals surface area contributed by atoms with Crippen molar-refractivity contribution >= 4 is 0 Å². The Kier molecular flexibility index (Phi) is 4.81. The normalized spacial score (nSPS) is 10.9. The minimum Gasteiger partial charge on any atom is -0.497 e. The molecule has 2 aromatic rings. The van der Waals surface area contributed by atoms with Gasteiger partial charge in [-0.3, -0.25) is 4.79 Å². The van der Waals surface area contributed by atoms with Crippen molar-refractivity contribution in [3.05, 3.63) is 52.3 Å². The smallest absolute Gasteiger partial charge is 0.255 e. The Bertz CT molecular complexity index is 657. The number of rotatable bonds is 5. The van der Waals surface area contributed by atoms with E-state index in [4.69, 9.17) is 4.74 Å². The zero-order valence-corrected chi connectivity index (χ0v) is 13.0. The predicted molar refractivity (Wildman–Crippen MR) is 85.6 cm³/mol. The Morgan fingerprint density at radius 2 is 1.81 bits per heavy atom. The Morgan fingerprint density at radius 3 is 2.38 bits per heavy atom. The zero-order valence-electron chi connectivity index (χ0n) is 13.0. The molecule has 1 heterocycles. The Hall–Kier alpha value is -2.07. The number of hydrogen-bond donors (Lipinski definition) is 1. The molecular formula is C17H22N2O2. The molecule has 0 unspecified atom stereocenters. The van der Waals surface area contributed by atoms with E-state index in [1.54, 1.807) is 18.7 Å². The van der Waals surface area contributed by atoms with E-state index in [1.165, 1.54) is 0 Å². The first-order valence-electron chi connectivity index (χ1n) is 7.09. The van der Waals surface area contributed by atoms with Gasteiger partial charge in [0, 0.05) is 25.2 Å². The molecule has 0 saturated carbocycles. The maximum Gasteiger partial charge on any atom is 0.255 e. The molecule has 4 nitrogen and oxygen atoms in total. The average molecular weight is 286 g/mol. The second kappa shape index (κ2) is 6.59. The second-order valence-corrected chi connectivity index (χ2v) is 5.37. The third-order valence-electron chi connectivity index (χ3n) is 3.47. The minimum atomic E-state index is 0.0384. The number of nitrogens with zero attached hydrogens (tertiary/aromatic N) is 1. The third-order valence-corrected chi connectivity index (χ3v) is 3.47. The second-order valence-electron chi connectivity index (χ2n) is 5.37. The van der Waals surface area contributed by atoms with Crippen LogP contribution < -0.4 is 15.6 Å². The van der Waals surface area contributed by atoms with Crippen molar-refractivity contribution in [2.75, 3.05) is 7.11 Å². The Morgan fingerprint density at radius 1 is 1.14 bits per heavy atom. The van der Waals surface area contributed by atoms with Crippen LogP contribution in [-0.4, -0.2) is 17.7 Å². The standard InChI is InChI=1S/C17H22N2O2/c1-12(2)18-11-14-7-10-16(19(3)17(14)20)13-5-8-15(21-4)9-6-13/h5-10,12,18H,11H2,1-4H3. The fourth-order valence-electron chi connectivity index (χ4n) is 2.19. The highest BCUT2D eigenvalue weighted by atomic mass is 16.5. The molecule has 1 N–H and O–H groups in total. The topological polar surface area (TPSA) is 43.3 Å². The molecule has 0 saturated heterocycles. The Balaban J connectivity index is 2.33. The fourth-order valence-corrected chi connectivity index (χ4v) is 2.19. The van der Waals surface area contributed by atoms with E-state index in [-0.39, 0.29) is 5.56 Å². The van der Waals surface area contributed by atoms with Crippen molar-refractivity contribution < 1.29 is 4.74 Å². The summed E-state index contributed by atoms with van der Waals surface area (Å²) in [6.07, 6.45) is 0. The highest BCUT2D eigenvalue weighted by Crippen LogP contribution is 2.21. The van der Waals surface area contributed by atoms with Crippen LogP contribution in [0.2, 0.25) is 0 Å². The lowest BCUT2D eigenvalue weighted by atomic mass is 10.1. The van der Waals surface area contributed by atoms with Gasteiger partial charge in [-0.1, -0.05) is 19.9 Å². The van der Waals surface area contributed by atoms with Gasteiger partial charge in [-0.05, 0) is 35.9 Å². The van der Waals surface area contributed by atoms with Crippen molar-refractivity contribution in [2.24, 2.45) is 7.05 Å². The van der Waals surface area contributed by atoms with E-state index < -0.39 is 0 Å². The number of pyridine rings is 1. The van der Waals surface area contributed by atoms with Crippen LogP contribution in [0.25, 0.3) is 11.3 Å². The first-order valence-corrected chi connectivity index (χ1v) is 7.09. The lowest BCUT2D eigenvalue weighted by Crippen LogP contribution is -2.29. The van der Waals surface area contributed by atoms with Gasteiger partial charge in [0.25, 0.3) is 5.56 Å². The molecule has 112 valence electrons. The van der Waals surface area contributed by atoms with Gasteiger partial charge in [0.1, 0.15) is 5.75 Å². The molecular weight excluding hydrogens is 264 g/mol. The van der Waals surface area contributed by atoms with Crippen LogP contribution in [0.3, 0.4) is 0 Å². The first-order chi connectivity index (χ1) is 10.0. The predicted octanol–water partition coefficient (Wildman–Crippen LogP) is 2.56. The van der Waals surface area contributed by atoms with E-state index in [0.29, 0.717) is 12.6 Å². The number of hydrogen-bond acceptors (Lipinski definition) is 3. The monoisotopic (exact) mass is 286 g/mol. The van der Waals surface area contributed by atoms with Crippen molar-refractivity contribution in [2.45, 2.75) is 26.4 Å². The van der Waals surface area contributed by atoms with E-state index in [1.807, 2.05) is 36.4 Å². The van der Waals surface area contributed by atoms with Gasteiger partial charge in [0.05, 0.1) is 12.8 Å². The SMILES string of the molecule is COc1ccc(-c2ccc(CNC(C)C)c(=O)n2C)cc1. The molecule has 0 fully saturated rings. The molecule has 0 bridgehead atoms. The molecule has 0 spiro atoms. The van der Waals surface area contributed by atoms with Crippen LogP contribution in [0.1, 0.15) is 19.4 Å². The first kappa shape index (κ1) is 15.3. The lowest BCUT2D eigenvalue weighted by molar-refractivity contribution is 0.415. The summed E-state index contributed by atoms with van der Waals surface area (Å²) in [6, 6.07) is 12.0. The maximum absolute atomic E-state index is 12.4. The molecule has 2 rings (SSSR count). The van der Waals surface area contributed by atoms with Crippen LogP contribution in [0.5, 0.6) is 5.75 Å². The Labute approximate surface area is 125 Å². The summed E-state index contributed by atoms with van der Waals surface area (Å²) in [6.45, 7) is 4.72. The summed E-state index contributed by atoms with van der Waals surface area (Å²) in [5, 5.41) is 3.27. The molecule has 21 heavy (non-hydrogen) atoms. The third kappa shape index (κ3) is 3.52. The molecule has 0 aliphatic heterocycles. The fraction of sp³-hybridized carbons (Fsp3) is 0.353. The summed E-state index contributed by atoms with van der Waals surface area (Å²) in [5.74, 6) is 0.807. The van der Waals surface area contributed by atoms with E-state index >= 15 is 0 Å². The molecule has 0 radical (unpaired) electrons. The molecule has 1 aromatic carbocycles. The number of ether oxygens (including phenoxy) is 1. The summed E-state index contributed by atoms with van der Waals surface area (Å²) in [5.41, 5.74) is 2.72. The van der Waals surface area contributed by atoms with Gasteiger partial charge in [-0.25, -0.2) is 0 Å². The largest absolute Gasteiger partial charge is 0.497 e. The summed E-state index contributed by atoms with van der Waals surface area (Å²) < 4.78 is 6.85. The molecule has 1 aromatic heterocycles. The van der Waals surface area contributed by atoms with Crippen molar-refractivity contribution in [1.82, 2.24) is 9.88 Å². The van der Waals surface area contributed by atoms with E-state index in [9.17, 15) is 4.79 Å². The van der Waals surface area contributed by atoms with Gasteiger partial charge in [-0.2, -0.15) is 0 Å². The van der Waals surface area contributed by atoms with E-state index in [2.05, 4.69) is 19.2 Å². The highest BCUT2D eigenvalue weighted by molar-refractivity contribution is 5.60. The summed E-state index contributed by atoms with van der Waals surface area (Å²) in [7, 11) is 3.45. The van der Waals surface area contributed by atoms with Gasteiger partial charge in [0.15, 0.2) is 0 Å². The average Bonchev–Trinajstić information content (AvgIpc) is 2.49. The van der Waals surface area contributed by atoms with E-state index in [0.717, 1.165) is 22.6 Å². The van der Waals surface area contributed by atoms with Crippen LogP contribution >= 0.6 is 0 Å². The van der Waals surface area contributed by atoms with Gasteiger partial charge in [-0.15, -0.1) is 0 Å². The summed E-state index contributed by atoms with van der Waals surface area (Å²) in [4.78, 5) is 12.4. The molecule has 4 heteroatoms. The summed E-state index contributed by atoms with van der Waals surface area (Å²) >= 11 is 0. The van der Waals surface area contributed by atoms with Crippen molar-refractivity contribution in [1.29, 1.82) is 0 Å². The molecule has 0 aliphatic carbocycles. The molecule has 0 atom stereocenters. The van der Waals surface area contributed by atoms with Crippen LogP contribution in [-0.2, 0) is 13.6 Å². The van der Waals surface area contributed by atoms with Gasteiger partial charge >= 0.3 is 0 Å². The van der Waals surface area contributed by atoms with Gasteiger partial charge < -0.3 is 14.6 Å². The quantitative estimate of drug-likeness (QED) is 0.918. The van der Waals surface area contributed by atoms with Crippen molar-refractivity contribution in [3.63, 3.8) is 0 Å². The van der Waals surface area contributed by atoms with Crippen molar-refractivity contribution in [3.8, 4) is 17.0 Å². The van der Waals surface area contributed by atoms with Crippen LogP contribution in [0.4, 0.5) is 0 Å². The minimum absolute atomic E-state index is 0.0384. The van der Waals surface area contributed by atoms with Gasteiger partial charge in [0.2, 0.25) is 0 Å². The lowest BCUT2D eigenvalue weighted by Gasteiger charge is -2.12.